The molecule has 1 atom stereocenters. The van der Waals surface area contributed by atoms with Crippen LogP contribution in [-0.4, -0.2) is 25.0 Å². The molecule has 0 radical (unpaired) electrons. The van der Waals surface area contributed by atoms with E-state index in [1.165, 1.54) is 0 Å². The van der Waals surface area contributed by atoms with Crippen LogP contribution in [-0.2, 0) is 14.3 Å². The van der Waals surface area contributed by atoms with Gasteiger partial charge in [0, 0.05) is 12.5 Å². The highest BCUT2D eigenvalue weighted by atomic mass is 16.5. The third-order valence-electron chi connectivity index (χ3n) is 4.20. The van der Waals surface area contributed by atoms with Crippen molar-refractivity contribution in [1.82, 2.24) is 5.32 Å². The van der Waals surface area contributed by atoms with E-state index in [9.17, 15) is 9.59 Å². The molecule has 120 valence electrons. The fourth-order valence-electron chi connectivity index (χ4n) is 2.81. The highest BCUT2D eigenvalue weighted by molar-refractivity contribution is 5.92. The molecule has 4 nitrogen and oxygen atoms in total. The summed E-state index contributed by atoms with van der Waals surface area (Å²) in [6.45, 7) is 2.40. The minimum Gasteiger partial charge on any atom is -0.465 e. The predicted molar refractivity (Wildman–Crippen MR) is 89.1 cm³/mol. The first-order chi connectivity index (χ1) is 11.2. The number of hydrogen-bond donors (Lipinski definition) is 1. The van der Waals surface area contributed by atoms with Gasteiger partial charge in [0.1, 0.15) is 0 Å². The first-order valence-corrected chi connectivity index (χ1v) is 8.12. The first kappa shape index (κ1) is 15.5. The minimum atomic E-state index is -0.483. The molecule has 23 heavy (non-hydrogen) atoms. The maximum atomic E-state index is 12.4. The summed E-state index contributed by atoms with van der Waals surface area (Å²) in [6, 6.07) is 13.8. The van der Waals surface area contributed by atoms with Gasteiger partial charge in [0.15, 0.2) is 0 Å². The zero-order chi connectivity index (χ0) is 16.2. The fourth-order valence-corrected chi connectivity index (χ4v) is 2.81. The van der Waals surface area contributed by atoms with Crippen molar-refractivity contribution in [3.63, 3.8) is 0 Å². The molecular weight excluding hydrogens is 290 g/mol. The van der Waals surface area contributed by atoms with Crippen LogP contribution in [0.4, 0.5) is 0 Å². The monoisotopic (exact) mass is 311 g/mol. The highest BCUT2D eigenvalue weighted by Crippen LogP contribution is 2.30. The van der Waals surface area contributed by atoms with Crippen LogP contribution in [0.3, 0.4) is 0 Å². The lowest BCUT2D eigenvalue weighted by Crippen LogP contribution is -2.33. The van der Waals surface area contributed by atoms with E-state index in [0.29, 0.717) is 6.61 Å². The Kier molecular flexibility index (Phi) is 4.60. The molecule has 0 bridgehead atoms. The van der Waals surface area contributed by atoms with Crippen molar-refractivity contribution >= 4 is 22.6 Å². The number of ether oxygens (including phenoxy) is 1. The maximum absolute atomic E-state index is 12.4. The molecule has 1 aliphatic carbocycles. The van der Waals surface area contributed by atoms with Gasteiger partial charge in [-0.1, -0.05) is 42.5 Å². The first-order valence-electron chi connectivity index (χ1n) is 8.12. The Labute approximate surface area is 135 Å². The third kappa shape index (κ3) is 3.52. The SMILES string of the molecule is CCOC(=O)C(CNC(=O)C1CC1)c1cccc2ccccc12. The van der Waals surface area contributed by atoms with Crippen LogP contribution in [0.2, 0.25) is 0 Å². The topological polar surface area (TPSA) is 55.4 Å². The van der Waals surface area contributed by atoms with E-state index in [1.54, 1.807) is 6.92 Å². The number of carbonyl (C=O) groups is 2. The predicted octanol–water partition coefficient (Wildman–Crippen LogP) is 3.01. The van der Waals surface area contributed by atoms with Crippen LogP contribution in [0.5, 0.6) is 0 Å². The van der Waals surface area contributed by atoms with Crippen molar-refractivity contribution in [3.8, 4) is 0 Å². The number of esters is 1. The number of carbonyl (C=O) groups excluding carboxylic acids is 2. The Balaban J connectivity index is 1.89. The molecule has 1 amide bonds. The molecule has 0 heterocycles. The standard InChI is InChI=1S/C19H21NO3/c1-2-23-19(22)17(12-20-18(21)14-10-11-14)16-9-5-7-13-6-3-4-8-15(13)16/h3-9,14,17H,2,10-12H2,1H3,(H,20,21). The molecule has 1 unspecified atom stereocenters. The zero-order valence-corrected chi connectivity index (χ0v) is 13.2. The van der Waals surface area contributed by atoms with Gasteiger partial charge in [0.25, 0.3) is 0 Å². The van der Waals surface area contributed by atoms with Gasteiger partial charge in [0.2, 0.25) is 5.91 Å². The second-order valence-corrected chi connectivity index (χ2v) is 5.89. The quantitative estimate of drug-likeness (QED) is 0.834. The molecule has 0 spiro atoms. The summed E-state index contributed by atoms with van der Waals surface area (Å²) in [6.07, 6.45) is 1.90. The Morgan fingerprint density at radius 3 is 2.65 bits per heavy atom. The van der Waals surface area contributed by atoms with Crippen LogP contribution < -0.4 is 5.32 Å². The van der Waals surface area contributed by atoms with Gasteiger partial charge in [-0.25, -0.2) is 0 Å². The smallest absolute Gasteiger partial charge is 0.315 e. The van der Waals surface area contributed by atoms with Crippen molar-refractivity contribution in [2.75, 3.05) is 13.2 Å². The molecule has 1 saturated carbocycles. The van der Waals surface area contributed by atoms with Crippen LogP contribution in [0, 0.1) is 5.92 Å². The summed E-state index contributed by atoms with van der Waals surface area (Å²) in [5.74, 6) is -0.603. The van der Waals surface area contributed by atoms with Crippen LogP contribution >= 0.6 is 0 Å². The summed E-state index contributed by atoms with van der Waals surface area (Å²) in [5, 5.41) is 5.01. The lowest BCUT2D eigenvalue weighted by atomic mass is 9.93. The zero-order valence-electron chi connectivity index (χ0n) is 13.2. The Bertz CT molecular complexity index is 716. The summed E-state index contributed by atoms with van der Waals surface area (Å²) in [4.78, 5) is 24.3. The summed E-state index contributed by atoms with van der Waals surface area (Å²) >= 11 is 0. The Hall–Kier alpha value is -2.36. The minimum absolute atomic E-state index is 0.0412. The van der Waals surface area contributed by atoms with Gasteiger partial charge in [-0.2, -0.15) is 0 Å². The second kappa shape index (κ2) is 6.82. The van der Waals surface area contributed by atoms with Gasteiger partial charge in [-0.05, 0) is 36.1 Å². The second-order valence-electron chi connectivity index (χ2n) is 5.89. The molecule has 2 aromatic rings. The lowest BCUT2D eigenvalue weighted by Gasteiger charge is -2.18. The summed E-state index contributed by atoms with van der Waals surface area (Å²) in [7, 11) is 0. The average Bonchev–Trinajstić information content (AvgIpc) is 3.40. The third-order valence-corrected chi connectivity index (χ3v) is 4.20. The van der Waals surface area contributed by atoms with Crippen molar-refractivity contribution in [3.05, 3.63) is 48.0 Å². The number of benzene rings is 2. The average molecular weight is 311 g/mol. The summed E-state index contributed by atoms with van der Waals surface area (Å²) < 4.78 is 5.23. The van der Waals surface area contributed by atoms with E-state index in [1.807, 2.05) is 42.5 Å². The molecule has 1 fully saturated rings. The molecule has 0 saturated heterocycles. The largest absolute Gasteiger partial charge is 0.465 e. The van der Waals surface area contributed by atoms with Crippen molar-refractivity contribution in [1.29, 1.82) is 0 Å². The van der Waals surface area contributed by atoms with E-state index in [4.69, 9.17) is 4.74 Å². The Morgan fingerprint density at radius 2 is 1.91 bits per heavy atom. The van der Waals surface area contributed by atoms with Gasteiger partial charge in [-0.3, -0.25) is 9.59 Å². The van der Waals surface area contributed by atoms with E-state index >= 15 is 0 Å². The Morgan fingerprint density at radius 1 is 1.17 bits per heavy atom. The van der Waals surface area contributed by atoms with Crippen molar-refractivity contribution < 1.29 is 14.3 Å². The molecule has 0 aliphatic heterocycles. The highest BCUT2D eigenvalue weighted by Gasteiger charge is 2.31. The van der Waals surface area contributed by atoms with E-state index in [0.717, 1.165) is 29.2 Å². The van der Waals surface area contributed by atoms with Crippen molar-refractivity contribution in [2.45, 2.75) is 25.7 Å². The fraction of sp³-hybridized carbons (Fsp3) is 0.368. The number of rotatable bonds is 6. The molecule has 0 aromatic heterocycles. The van der Waals surface area contributed by atoms with Crippen molar-refractivity contribution in [2.24, 2.45) is 5.92 Å². The number of amides is 1. The molecule has 2 aromatic carbocycles. The molecule has 3 rings (SSSR count). The van der Waals surface area contributed by atoms with Crippen LogP contribution in [0.25, 0.3) is 10.8 Å². The normalized spacial score (nSPS) is 15.2. The van der Waals surface area contributed by atoms with Crippen LogP contribution in [0.1, 0.15) is 31.2 Å². The van der Waals surface area contributed by atoms with Gasteiger partial charge < -0.3 is 10.1 Å². The van der Waals surface area contributed by atoms with E-state index in [2.05, 4.69) is 5.32 Å². The van der Waals surface area contributed by atoms with E-state index in [-0.39, 0.29) is 24.3 Å². The molecule has 1 aliphatic rings. The van der Waals surface area contributed by atoms with Gasteiger partial charge in [0.05, 0.1) is 12.5 Å². The van der Waals surface area contributed by atoms with Gasteiger partial charge >= 0.3 is 5.97 Å². The molecular formula is C19H21NO3. The maximum Gasteiger partial charge on any atom is 0.315 e. The van der Waals surface area contributed by atoms with Crippen LogP contribution in [0.15, 0.2) is 42.5 Å². The van der Waals surface area contributed by atoms with Gasteiger partial charge in [-0.15, -0.1) is 0 Å². The number of hydrogen-bond acceptors (Lipinski definition) is 3. The van der Waals surface area contributed by atoms with E-state index < -0.39 is 5.92 Å². The summed E-state index contributed by atoms with van der Waals surface area (Å²) in [5.41, 5.74) is 0.901. The number of nitrogens with one attached hydrogen (secondary N) is 1. The molecule has 1 N–H and O–H groups in total. The lowest BCUT2D eigenvalue weighted by molar-refractivity contribution is -0.144. The number of fused-ring (bicyclic) bond motifs is 1. The molecule has 4 heteroatoms.